The van der Waals surface area contributed by atoms with Crippen LogP contribution in [0.1, 0.15) is 18.5 Å². The molecule has 0 unspecified atom stereocenters. The third-order valence-electron chi connectivity index (χ3n) is 4.81. The highest BCUT2D eigenvalue weighted by Gasteiger charge is 2.38. The van der Waals surface area contributed by atoms with Crippen LogP contribution in [0.2, 0.25) is 0 Å². The molecular weight excluding hydrogens is 372 g/mol. The predicted octanol–water partition coefficient (Wildman–Crippen LogP) is 3.96. The lowest BCUT2D eigenvalue weighted by Gasteiger charge is -2.29. The number of anilines is 1. The number of benzene rings is 2. The summed E-state index contributed by atoms with van der Waals surface area (Å²) in [5, 5.41) is 14.9. The van der Waals surface area contributed by atoms with E-state index in [1.54, 1.807) is 29.7 Å². The zero-order chi connectivity index (χ0) is 20.5. The van der Waals surface area contributed by atoms with Gasteiger partial charge in [0.05, 0.1) is 27.1 Å². The van der Waals surface area contributed by atoms with Crippen LogP contribution in [-0.4, -0.2) is 27.1 Å². The average molecular weight is 390 g/mol. The molecule has 0 saturated carbocycles. The maximum absolute atomic E-state index is 12.9. The molecule has 1 aliphatic heterocycles. The number of rotatable bonds is 5. The molecule has 0 spiro atoms. The van der Waals surface area contributed by atoms with E-state index in [4.69, 9.17) is 4.74 Å². The molecule has 1 N–H and O–H groups in total. The fourth-order valence-electron chi connectivity index (χ4n) is 3.62. The minimum Gasteiger partial charge on any atom is -0.458 e. The summed E-state index contributed by atoms with van der Waals surface area (Å²) in [6.45, 7) is 5.34. The van der Waals surface area contributed by atoms with Gasteiger partial charge in [0, 0.05) is 11.8 Å². The summed E-state index contributed by atoms with van der Waals surface area (Å²) < 4.78 is 7.10. The Morgan fingerprint density at radius 3 is 2.79 bits per heavy atom. The topological polar surface area (TPSA) is 99.3 Å². The molecule has 0 bridgehead atoms. The van der Waals surface area contributed by atoms with Crippen molar-refractivity contribution in [2.24, 2.45) is 0 Å². The van der Waals surface area contributed by atoms with Crippen LogP contribution in [-0.2, 0) is 9.53 Å². The van der Waals surface area contributed by atoms with Crippen molar-refractivity contribution in [1.82, 2.24) is 9.55 Å². The molecule has 8 heteroatoms. The summed E-state index contributed by atoms with van der Waals surface area (Å²) in [5.74, 6) is -0.0615. The van der Waals surface area contributed by atoms with Crippen molar-refractivity contribution < 1.29 is 14.5 Å². The van der Waals surface area contributed by atoms with E-state index in [1.807, 2.05) is 24.3 Å². The molecule has 0 saturated heterocycles. The Kier molecular flexibility index (Phi) is 4.59. The number of allylic oxidation sites excluding steroid dienone is 1. The summed E-state index contributed by atoms with van der Waals surface area (Å²) in [4.78, 5) is 28.8. The summed E-state index contributed by atoms with van der Waals surface area (Å²) in [5.41, 5.74) is 2.59. The van der Waals surface area contributed by atoms with Gasteiger partial charge in [-0.15, -0.1) is 0 Å². The Balaban J connectivity index is 2.00. The number of hydrogen-bond donors (Lipinski definition) is 1. The molecule has 8 nitrogen and oxygen atoms in total. The lowest BCUT2D eigenvalue weighted by atomic mass is 9.93. The largest absolute Gasteiger partial charge is 0.458 e. The number of nitrogens with zero attached hydrogens (tertiary/aromatic N) is 3. The zero-order valence-corrected chi connectivity index (χ0v) is 15.7. The van der Waals surface area contributed by atoms with E-state index >= 15 is 0 Å². The van der Waals surface area contributed by atoms with Crippen LogP contribution in [0.3, 0.4) is 0 Å². The third kappa shape index (κ3) is 3.04. The second-order valence-electron chi connectivity index (χ2n) is 6.56. The van der Waals surface area contributed by atoms with E-state index in [0.717, 1.165) is 5.52 Å². The number of imidazole rings is 1. The monoisotopic (exact) mass is 390 g/mol. The Morgan fingerprint density at radius 2 is 2.03 bits per heavy atom. The Bertz CT molecular complexity index is 1180. The minimum atomic E-state index is -0.766. The molecule has 0 radical (unpaired) electrons. The average Bonchev–Trinajstić information content (AvgIpc) is 3.08. The predicted molar refractivity (Wildman–Crippen MR) is 108 cm³/mol. The van der Waals surface area contributed by atoms with Gasteiger partial charge in [0.1, 0.15) is 12.6 Å². The van der Waals surface area contributed by atoms with Gasteiger partial charge in [0.2, 0.25) is 5.95 Å². The van der Waals surface area contributed by atoms with Gasteiger partial charge in [-0.05, 0) is 25.1 Å². The summed E-state index contributed by atoms with van der Waals surface area (Å²) in [7, 11) is 0. The van der Waals surface area contributed by atoms with Crippen molar-refractivity contribution in [1.29, 1.82) is 0 Å². The number of nitro groups is 1. The second-order valence-corrected chi connectivity index (χ2v) is 6.56. The van der Waals surface area contributed by atoms with Gasteiger partial charge < -0.3 is 10.1 Å². The molecule has 2 aromatic carbocycles. The van der Waals surface area contributed by atoms with Crippen molar-refractivity contribution in [2.75, 3.05) is 11.9 Å². The number of esters is 1. The maximum atomic E-state index is 12.9. The minimum absolute atomic E-state index is 0.0384. The summed E-state index contributed by atoms with van der Waals surface area (Å²) in [6, 6.07) is 13.1. The molecule has 3 aromatic rings. The van der Waals surface area contributed by atoms with Crippen LogP contribution in [0.15, 0.2) is 72.5 Å². The van der Waals surface area contributed by atoms with E-state index in [9.17, 15) is 14.9 Å². The van der Waals surface area contributed by atoms with Crippen molar-refractivity contribution in [2.45, 2.75) is 13.0 Å². The summed E-state index contributed by atoms with van der Waals surface area (Å²) >= 11 is 0. The van der Waals surface area contributed by atoms with Gasteiger partial charge in [0.15, 0.2) is 0 Å². The van der Waals surface area contributed by atoms with E-state index in [1.165, 1.54) is 12.1 Å². The number of para-hydroxylation sites is 3. The Morgan fingerprint density at radius 1 is 1.31 bits per heavy atom. The number of nitro benzene ring substituents is 1. The number of hydrogen-bond acceptors (Lipinski definition) is 6. The van der Waals surface area contributed by atoms with Gasteiger partial charge in [-0.3, -0.25) is 14.7 Å². The van der Waals surface area contributed by atoms with Crippen molar-refractivity contribution >= 4 is 28.6 Å². The highest BCUT2D eigenvalue weighted by molar-refractivity contribution is 5.94. The summed E-state index contributed by atoms with van der Waals surface area (Å²) in [6.07, 6.45) is 1.47. The SMILES string of the molecule is C=CCOC(=O)C1=C(C)Nc2nc3ccccc3n2[C@@H]1c1ccccc1[N+](=O)[O-]. The fraction of sp³-hybridized carbons (Fsp3) is 0.143. The first-order valence-electron chi connectivity index (χ1n) is 8.99. The van der Waals surface area contributed by atoms with Gasteiger partial charge >= 0.3 is 5.97 Å². The molecule has 29 heavy (non-hydrogen) atoms. The molecule has 0 aliphatic carbocycles. The number of ether oxygens (including phenoxy) is 1. The van der Waals surface area contributed by atoms with E-state index < -0.39 is 16.9 Å². The van der Waals surface area contributed by atoms with Crippen LogP contribution in [0, 0.1) is 10.1 Å². The van der Waals surface area contributed by atoms with Crippen LogP contribution in [0.25, 0.3) is 11.0 Å². The smallest absolute Gasteiger partial charge is 0.338 e. The standard InChI is InChI=1S/C21H18N4O4/c1-3-12-29-20(26)18-13(2)22-21-23-15-9-5-7-11-17(15)24(21)19(18)14-8-4-6-10-16(14)25(27)28/h3-11,19H,1,12H2,2H3,(H,22,23)/t19-/m1/s1. The quantitative estimate of drug-likeness (QED) is 0.306. The number of nitrogens with one attached hydrogen (secondary N) is 1. The first-order chi connectivity index (χ1) is 14.0. The zero-order valence-electron chi connectivity index (χ0n) is 15.7. The number of carbonyl (C=O) groups excluding carboxylic acids is 1. The molecule has 1 atom stereocenters. The van der Waals surface area contributed by atoms with Crippen LogP contribution < -0.4 is 5.32 Å². The Hall–Kier alpha value is -3.94. The number of aromatic nitrogens is 2. The maximum Gasteiger partial charge on any atom is 0.338 e. The molecule has 4 rings (SSSR count). The first-order valence-corrected chi connectivity index (χ1v) is 8.99. The van der Waals surface area contributed by atoms with Gasteiger partial charge in [-0.1, -0.05) is 36.9 Å². The van der Waals surface area contributed by atoms with Gasteiger partial charge in [-0.25, -0.2) is 9.78 Å². The molecule has 1 aliphatic rings. The third-order valence-corrected chi connectivity index (χ3v) is 4.81. The second kappa shape index (κ2) is 7.23. The van der Waals surface area contributed by atoms with E-state index in [-0.39, 0.29) is 17.9 Å². The molecule has 0 amide bonds. The molecule has 146 valence electrons. The van der Waals surface area contributed by atoms with Crippen LogP contribution in [0.4, 0.5) is 11.6 Å². The normalized spacial score (nSPS) is 15.6. The fourth-order valence-corrected chi connectivity index (χ4v) is 3.62. The first kappa shape index (κ1) is 18.4. The Labute approximate surface area is 166 Å². The van der Waals surface area contributed by atoms with Crippen LogP contribution in [0.5, 0.6) is 0 Å². The van der Waals surface area contributed by atoms with E-state index in [0.29, 0.717) is 22.7 Å². The highest BCUT2D eigenvalue weighted by Crippen LogP contribution is 2.42. The highest BCUT2D eigenvalue weighted by atomic mass is 16.6. The van der Waals surface area contributed by atoms with Crippen molar-refractivity contribution in [3.63, 3.8) is 0 Å². The van der Waals surface area contributed by atoms with Gasteiger partial charge in [0.25, 0.3) is 5.69 Å². The van der Waals surface area contributed by atoms with Crippen molar-refractivity contribution in [3.8, 4) is 0 Å². The molecule has 1 aromatic heterocycles. The van der Waals surface area contributed by atoms with E-state index in [2.05, 4.69) is 16.9 Å². The number of carbonyl (C=O) groups is 1. The number of fused-ring (bicyclic) bond motifs is 3. The van der Waals surface area contributed by atoms with Crippen molar-refractivity contribution in [3.05, 3.63) is 88.1 Å². The molecule has 0 fully saturated rings. The van der Waals surface area contributed by atoms with Gasteiger partial charge in [-0.2, -0.15) is 0 Å². The molecular formula is C21H18N4O4. The van der Waals surface area contributed by atoms with Crippen LogP contribution >= 0.6 is 0 Å². The molecule has 2 heterocycles. The lowest BCUT2D eigenvalue weighted by molar-refractivity contribution is -0.385. The lowest BCUT2D eigenvalue weighted by Crippen LogP contribution is -2.29.